The molecule has 1 fully saturated rings. The van der Waals surface area contributed by atoms with Gasteiger partial charge in [-0.2, -0.15) is 4.39 Å². The van der Waals surface area contributed by atoms with Crippen LogP contribution < -0.4 is 9.47 Å². The molecule has 0 radical (unpaired) electrons. The highest BCUT2D eigenvalue weighted by Crippen LogP contribution is 2.38. The fourth-order valence-corrected chi connectivity index (χ4v) is 4.84. The van der Waals surface area contributed by atoms with E-state index in [-0.39, 0.29) is 11.5 Å². The third-order valence-electron chi connectivity index (χ3n) is 6.98. The largest absolute Gasteiger partial charge is 0.573 e. The molecule has 1 saturated carbocycles. The minimum absolute atomic E-state index is 0.0460. The molecule has 2 nitrogen and oxygen atoms in total. The van der Waals surface area contributed by atoms with Crippen molar-refractivity contribution in [3.63, 3.8) is 0 Å². The normalized spacial score (nSPS) is 18.2. The van der Waals surface area contributed by atoms with Gasteiger partial charge in [0.15, 0.2) is 11.6 Å². The molecule has 7 heteroatoms. The average molecular weight is 505 g/mol. The van der Waals surface area contributed by atoms with E-state index in [9.17, 15) is 22.0 Å². The molecular weight excluding hydrogens is 475 g/mol. The lowest BCUT2D eigenvalue weighted by molar-refractivity contribution is -0.274. The van der Waals surface area contributed by atoms with E-state index in [1.807, 2.05) is 24.3 Å². The number of benzene rings is 3. The molecule has 3 aromatic carbocycles. The Bertz CT molecular complexity index is 1130. The summed E-state index contributed by atoms with van der Waals surface area (Å²) in [6.07, 6.45) is 3.75. The van der Waals surface area contributed by atoms with Gasteiger partial charge in [0.2, 0.25) is 5.82 Å². The Kier molecular flexibility index (Phi) is 8.17. The molecule has 0 saturated heterocycles. The Morgan fingerprint density at radius 1 is 0.778 bits per heavy atom. The quantitative estimate of drug-likeness (QED) is 0.285. The Morgan fingerprint density at radius 3 is 2.00 bits per heavy atom. The summed E-state index contributed by atoms with van der Waals surface area (Å²) in [4.78, 5) is 0. The molecular formula is C29H29F5O2. The van der Waals surface area contributed by atoms with Crippen LogP contribution in [0.15, 0.2) is 60.7 Å². The van der Waals surface area contributed by atoms with Gasteiger partial charge in [-0.1, -0.05) is 63.3 Å². The van der Waals surface area contributed by atoms with Crippen molar-refractivity contribution in [3.8, 4) is 28.4 Å². The first-order chi connectivity index (χ1) is 17.2. The Balaban J connectivity index is 1.46. The Morgan fingerprint density at radius 2 is 1.39 bits per heavy atom. The van der Waals surface area contributed by atoms with Crippen molar-refractivity contribution < 1.29 is 31.4 Å². The van der Waals surface area contributed by atoms with Crippen molar-refractivity contribution in [1.82, 2.24) is 0 Å². The lowest BCUT2D eigenvalue weighted by Gasteiger charge is -2.27. The zero-order chi connectivity index (χ0) is 25.7. The molecule has 0 heterocycles. The average Bonchev–Trinajstić information content (AvgIpc) is 2.86. The number of aryl methyl sites for hydroxylation is 1. The molecule has 0 bridgehead atoms. The molecule has 0 atom stereocenters. The first-order valence-corrected chi connectivity index (χ1v) is 12.3. The highest BCUT2D eigenvalue weighted by atomic mass is 19.4. The van der Waals surface area contributed by atoms with E-state index in [1.54, 1.807) is 0 Å². The smallest absolute Gasteiger partial charge is 0.454 e. The first-order valence-electron chi connectivity index (χ1n) is 12.3. The highest BCUT2D eigenvalue weighted by Gasteiger charge is 2.31. The van der Waals surface area contributed by atoms with Gasteiger partial charge < -0.3 is 9.47 Å². The predicted molar refractivity (Wildman–Crippen MR) is 129 cm³/mol. The molecule has 0 aliphatic heterocycles. The number of rotatable bonds is 8. The highest BCUT2D eigenvalue weighted by molar-refractivity contribution is 5.71. The maximum absolute atomic E-state index is 14.7. The van der Waals surface area contributed by atoms with E-state index >= 15 is 0 Å². The van der Waals surface area contributed by atoms with Gasteiger partial charge in [0.25, 0.3) is 0 Å². The topological polar surface area (TPSA) is 18.5 Å². The molecule has 0 aromatic heterocycles. The third-order valence-corrected chi connectivity index (χ3v) is 6.98. The van der Waals surface area contributed by atoms with Crippen LogP contribution in [0.5, 0.6) is 17.2 Å². The number of hydrogen-bond donors (Lipinski definition) is 0. The van der Waals surface area contributed by atoms with Crippen LogP contribution in [-0.4, -0.2) is 6.36 Å². The van der Waals surface area contributed by atoms with E-state index in [4.69, 9.17) is 4.74 Å². The fraction of sp³-hybridized carbons (Fsp3) is 0.379. The zero-order valence-electron chi connectivity index (χ0n) is 20.1. The summed E-state index contributed by atoms with van der Waals surface area (Å²) in [6.45, 7) is 2.26. The first kappa shape index (κ1) is 26.0. The number of ether oxygens (including phenoxy) is 2. The summed E-state index contributed by atoms with van der Waals surface area (Å²) in [5.41, 5.74) is 2.17. The van der Waals surface area contributed by atoms with Crippen LogP contribution in [0.1, 0.15) is 51.0 Å². The number of hydrogen-bond acceptors (Lipinski definition) is 2. The van der Waals surface area contributed by atoms with Gasteiger partial charge in [0, 0.05) is 5.56 Å². The van der Waals surface area contributed by atoms with E-state index in [0.29, 0.717) is 11.1 Å². The van der Waals surface area contributed by atoms with Crippen molar-refractivity contribution in [2.24, 2.45) is 11.8 Å². The monoisotopic (exact) mass is 504 g/mol. The van der Waals surface area contributed by atoms with Crippen LogP contribution in [-0.2, 0) is 6.42 Å². The van der Waals surface area contributed by atoms with Crippen molar-refractivity contribution in [2.75, 3.05) is 0 Å². The van der Waals surface area contributed by atoms with Crippen LogP contribution in [0.25, 0.3) is 11.1 Å². The van der Waals surface area contributed by atoms with Crippen molar-refractivity contribution in [3.05, 3.63) is 77.9 Å². The maximum atomic E-state index is 14.7. The second-order valence-corrected chi connectivity index (χ2v) is 9.39. The molecule has 1 aliphatic carbocycles. The molecule has 4 rings (SSSR count). The molecule has 0 N–H and O–H groups in total. The second kappa shape index (κ2) is 11.3. The van der Waals surface area contributed by atoms with E-state index < -0.39 is 23.7 Å². The minimum Gasteiger partial charge on any atom is -0.454 e. The molecule has 0 unspecified atom stereocenters. The molecule has 36 heavy (non-hydrogen) atoms. The van der Waals surface area contributed by atoms with Gasteiger partial charge in [-0.15, -0.1) is 13.2 Å². The predicted octanol–water partition coefficient (Wildman–Crippen LogP) is 9.47. The van der Waals surface area contributed by atoms with Crippen LogP contribution in [0.3, 0.4) is 0 Å². The van der Waals surface area contributed by atoms with Crippen LogP contribution >= 0.6 is 0 Å². The van der Waals surface area contributed by atoms with E-state index in [1.165, 1.54) is 55.9 Å². The number of alkyl halides is 3. The third kappa shape index (κ3) is 6.77. The minimum atomic E-state index is -4.83. The molecule has 192 valence electrons. The summed E-state index contributed by atoms with van der Waals surface area (Å²) in [5, 5.41) is 0. The Labute approximate surface area is 208 Å². The molecule has 1 aliphatic rings. The second-order valence-electron chi connectivity index (χ2n) is 9.39. The van der Waals surface area contributed by atoms with Crippen LogP contribution in [0.4, 0.5) is 22.0 Å². The standard InChI is InChI=1S/C29H29F5O2/c1-2-19-3-5-20(6-4-19)7-8-21-9-11-22(12-10-21)25-17-18-26(30)27(31)28(25)35-23-13-15-24(16-14-23)36-29(32,33)34/h9-20H,2-8H2,1H3. The zero-order valence-corrected chi connectivity index (χ0v) is 20.1. The van der Waals surface area contributed by atoms with E-state index in [0.717, 1.165) is 42.9 Å². The summed E-state index contributed by atoms with van der Waals surface area (Å²) in [7, 11) is 0. The van der Waals surface area contributed by atoms with Gasteiger partial charge in [0.05, 0.1) is 0 Å². The van der Waals surface area contributed by atoms with Crippen molar-refractivity contribution >= 4 is 0 Å². The lowest BCUT2D eigenvalue weighted by atomic mass is 9.78. The Hall–Kier alpha value is -3.09. The fourth-order valence-electron chi connectivity index (χ4n) is 4.84. The lowest BCUT2D eigenvalue weighted by Crippen LogP contribution is -2.16. The van der Waals surface area contributed by atoms with Gasteiger partial charge in [-0.3, -0.25) is 0 Å². The number of halogens is 5. The summed E-state index contributed by atoms with van der Waals surface area (Å²) >= 11 is 0. The van der Waals surface area contributed by atoms with Crippen LogP contribution in [0.2, 0.25) is 0 Å². The molecule has 3 aromatic rings. The molecule has 0 spiro atoms. The van der Waals surface area contributed by atoms with Crippen molar-refractivity contribution in [1.29, 1.82) is 0 Å². The summed E-state index contributed by atoms with van der Waals surface area (Å²) in [6, 6.07) is 14.6. The summed E-state index contributed by atoms with van der Waals surface area (Å²) in [5.74, 6) is -1.35. The summed E-state index contributed by atoms with van der Waals surface area (Å²) < 4.78 is 75.3. The SMILES string of the molecule is CCC1CCC(CCc2ccc(-c3ccc(F)c(F)c3Oc3ccc(OC(F)(F)F)cc3)cc2)CC1. The van der Waals surface area contributed by atoms with Crippen molar-refractivity contribution in [2.45, 2.75) is 58.2 Å². The van der Waals surface area contributed by atoms with Crippen LogP contribution in [0, 0.1) is 23.5 Å². The van der Waals surface area contributed by atoms with Gasteiger partial charge in [-0.25, -0.2) is 4.39 Å². The molecule has 0 amide bonds. The van der Waals surface area contributed by atoms with Gasteiger partial charge in [-0.05, 0) is 72.2 Å². The maximum Gasteiger partial charge on any atom is 0.573 e. The van der Waals surface area contributed by atoms with Gasteiger partial charge in [0.1, 0.15) is 11.5 Å². The van der Waals surface area contributed by atoms with E-state index in [2.05, 4.69) is 11.7 Å². The van der Waals surface area contributed by atoms with Gasteiger partial charge >= 0.3 is 6.36 Å².